The SMILES string of the molecule is CC(C)OCCCNC(=O)CSCc1ccccc1Cl. The Morgan fingerprint density at radius 2 is 2.15 bits per heavy atom. The van der Waals surface area contributed by atoms with E-state index < -0.39 is 0 Å². The molecule has 0 spiro atoms. The molecule has 0 saturated heterocycles. The third-order valence-electron chi connectivity index (χ3n) is 2.54. The van der Waals surface area contributed by atoms with Gasteiger partial charge in [0.05, 0.1) is 11.9 Å². The fraction of sp³-hybridized carbons (Fsp3) is 0.533. The lowest BCUT2D eigenvalue weighted by molar-refractivity contribution is -0.118. The second kappa shape index (κ2) is 10.1. The van der Waals surface area contributed by atoms with Crippen molar-refractivity contribution in [3.63, 3.8) is 0 Å². The van der Waals surface area contributed by atoms with Crippen molar-refractivity contribution >= 4 is 29.3 Å². The number of amides is 1. The highest BCUT2D eigenvalue weighted by Gasteiger charge is 2.03. The van der Waals surface area contributed by atoms with Gasteiger partial charge in [-0.05, 0) is 31.9 Å². The molecule has 0 atom stereocenters. The number of ether oxygens (including phenoxy) is 1. The molecule has 0 aliphatic heterocycles. The van der Waals surface area contributed by atoms with Gasteiger partial charge in [-0.25, -0.2) is 0 Å². The van der Waals surface area contributed by atoms with Crippen LogP contribution in [0.4, 0.5) is 0 Å². The van der Waals surface area contributed by atoms with Crippen LogP contribution in [-0.2, 0) is 15.3 Å². The molecule has 0 aromatic heterocycles. The zero-order valence-corrected chi connectivity index (χ0v) is 13.6. The summed E-state index contributed by atoms with van der Waals surface area (Å²) in [5.41, 5.74) is 1.07. The van der Waals surface area contributed by atoms with Crippen molar-refractivity contribution in [3.8, 4) is 0 Å². The highest BCUT2D eigenvalue weighted by atomic mass is 35.5. The summed E-state index contributed by atoms with van der Waals surface area (Å²) in [6.07, 6.45) is 1.09. The van der Waals surface area contributed by atoms with E-state index in [9.17, 15) is 4.79 Å². The number of thioether (sulfide) groups is 1. The number of halogens is 1. The van der Waals surface area contributed by atoms with E-state index in [2.05, 4.69) is 5.32 Å². The fourth-order valence-corrected chi connectivity index (χ4v) is 2.68. The standard InChI is InChI=1S/C15H22ClNO2S/c1-12(2)19-9-5-8-17-15(18)11-20-10-13-6-3-4-7-14(13)16/h3-4,6-7,12H,5,8-11H2,1-2H3,(H,17,18). The molecule has 0 aliphatic rings. The van der Waals surface area contributed by atoms with E-state index in [0.29, 0.717) is 18.9 Å². The fourth-order valence-electron chi connectivity index (χ4n) is 1.54. The highest BCUT2D eigenvalue weighted by molar-refractivity contribution is 7.99. The highest BCUT2D eigenvalue weighted by Crippen LogP contribution is 2.20. The predicted octanol–water partition coefficient (Wildman–Crippen LogP) is 3.50. The van der Waals surface area contributed by atoms with Gasteiger partial charge in [-0.1, -0.05) is 29.8 Å². The Morgan fingerprint density at radius 3 is 2.85 bits per heavy atom. The maximum absolute atomic E-state index is 11.6. The van der Waals surface area contributed by atoms with Gasteiger partial charge < -0.3 is 10.1 Å². The molecular formula is C15H22ClNO2S. The number of benzene rings is 1. The molecule has 0 bridgehead atoms. The molecule has 1 N–H and O–H groups in total. The van der Waals surface area contributed by atoms with E-state index in [1.165, 1.54) is 0 Å². The number of carbonyl (C=O) groups is 1. The Balaban J connectivity index is 2.07. The largest absolute Gasteiger partial charge is 0.379 e. The van der Waals surface area contributed by atoms with E-state index in [1.54, 1.807) is 11.8 Å². The number of rotatable bonds is 9. The average Bonchev–Trinajstić information content (AvgIpc) is 2.40. The van der Waals surface area contributed by atoms with E-state index in [-0.39, 0.29) is 12.0 Å². The summed E-state index contributed by atoms with van der Waals surface area (Å²) in [7, 11) is 0. The summed E-state index contributed by atoms with van der Waals surface area (Å²) in [4.78, 5) is 11.6. The molecule has 0 heterocycles. The van der Waals surface area contributed by atoms with Crippen molar-refractivity contribution in [2.24, 2.45) is 0 Å². The Kier molecular flexibility index (Phi) is 8.74. The van der Waals surface area contributed by atoms with Crippen molar-refractivity contribution in [1.82, 2.24) is 5.32 Å². The minimum Gasteiger partial charge on any atom is -0.379 e. The van der Waals surface area contributed by atoms with Gasteiger partial charge >= 0.3 is 0 Å². The van der Waals surface area contributed by atoms with Crippen LogP contribution in [0.5, 0.6) is 0 Å². The second-order valence-electron chi connectivity index (χ2n) is 4.71. The van der Waals surface area contributed by atoms with E-state index in [1.807, 2.05) is 38.1 Å². The lowest BCUT2D eigenvalue weighted by Gasteiger charge is -2.08. The van der Waals surface area contributed by atoms with Crippen molar-refractivity contribution in [2.75, 3.05) is 18.9 Å². The minimum atomic E-state index is 0.0617. The predicted molar refractivity (Wildman–Crippen MR) is 86.3 cm³/mol. The molecule has 0 fully saturated rings. The smallest absolute Gasteiger partial charge is 0.230 e. The summed E-state index contributed by atoms with van der Waals surface area (Å²) >= 11 is 7.63. The molecule has 0 unspecified atom stereocenters. The van der Waals surface area contributed by atoms with Gasteiger partial charge in [0, 0.05) is 23.9 Å². The van der Waals surface area contributed by atoms with Crippen LogP contribution in [0.25, 0.3) is 0 Å². The van der Waals surface area contributed by atoms with Gasteiger partial charge in [0.25, 0.3) is 0 Å². The first kappa shape index (κ1) is 17.3. The summed E-state index contributed by atoms with van der Waals surface area (Å²) < 4.78 is 5.40. The zero-order valence-electron chi connectivity index (χ0n) is 12.0. The molecule has 1 aromatic carbocycles. The first-order valence-electron chi connectivity index (χ1n) is 6.79. The van der Waals surface area contributed by atoms with Crippen LogP contribution >= 0.6 is 23.4 Å². The molecule has 5 heteroatoms. The van der Waals surface area contributed by atoms with Crippen LogP contribution in [-0.4, -0.2) is 30.9 Å². The molecule has 20 heavy (non-hydrogen) atoms. The van der Waals surface area contributed by atoms with Gasteiger partial charge in [-0.2, -0.15) is 0 Å². The summed E-state index contributed by atoms with van der Waals surface area (Å²) in [5, 5.41) is 3.64. The average molecular weight is 316 g/mol. The van der Waals surface area contributed by atoms with Crippen molar-refractivity contribution in [2.45, 2.75) is 32.1 Å². The Bertz CT molecular complexity index is 413. The van der Waals surface area contributed by atoms with Gasteiger partial charge in [0.2, 0.25) is 5.91 Å². The van der Waals surface area contributed by atoms with Crippen LogP contribution in [0.2, 0.25) is 5.02 Å². The number of hydrogen-bond donors (Lipinski definition) is 1. The third-order valence-corrected chi connectivity index (χ3v) is 3.89. The van der Waals surface area contributed by atoms with Crippen LogP contribution < -0.4 is 5.32 Å². The number of hydrogen-bond acceptors (Lipinski definition) is 3. The maximum Gasteiger partial charge on any atom is 0.230 e. The zero-order chi connectivity index (χ0) is 14.8. The quantitative estimate of drug-likeness (QED) is 0.709. The van der Waals surface area contributed by atoms with Gasteiger partial charge in [-0.15, -0.1) is 11.8 Å². The Morgan fingerprint density at radius 1 is 1.40 bits per heavy atom. The van der Waals surface area contributed by atoms with Crippen LogP contribution in [0.3, 0.4) is 0 Å². The van der Waals surface area contributed by atoms with Crippen LogP contribution in [0.1, 0.15) is 25.8 Å². The van der Waals surface area contributed by atoms with E-state index in [0.717, 1.165) is 22.8 Å². The minimum absolute atomic E-state index is 0.0617. The molecule has 1 amide bonds. The van der Waals surface area contributed by atoms with Gasteiger partial charge in [-0.3, -0.25) is 4.79 Å². The molecule has 0 saturated carbocycles. The normalized spacial score (nSPS) is 10.8. The number of carbonyl (C=O) groups excluding carboxylic acids is 1. The third kappa shape index (κ3) is 7.78. The first-order chi connectivity index (χ1) is 9.59. The molecule has 112 valence electrons. The lowest BCUT2D eigenvalue weighted by Crippen LogP contribution is -2.27. The summed E-state index contributed by atoms with van der Waals surface area (Å²) in [6, 6.07) is 7.71. The topological polar surface area (TPSA) is 38.3 Å². The van der Waals surface area contributed by atoms with Crippen LogP contribution in [0.15, 0.2) is 24.3 Å². The van der Waals surface area contributed by atoms with Crippen LogP contribution in [0, 0.1) is 0 Å². The van der Waals surface area contributed by atoms with Crippen molar-refractivity contribution in [3.05, 3.63) is 34.9 Å². The van der Waals surface area contributed by atoms with E-state index >= 15 is 0 Å². The second-order valence-corrected chi connectivity index (χ2v) is 6.10. The molecule has 0 aliphatic carbocycles. The Hall–Kier alpha value is -0.710. The van der Waals surface area contributed by atoms with Gasteiger partial charge in [0.15, 0.2) is 0 Å². The first-order valence-corrected chi connectivity index (χ1v) is 8.32. The lowest BCUT2D eigenvalue weighted by atomic mass is 10.2. The van der Waals surface area contributed by atoms with Crippen molar-refractivity contribution < 1.29 is 9.53 Å². The summed E-state index contributed by atoms with van der Waals surface area (Å²) in [5.74, 6) is 1.27. The molecule has 0 radical (unpaired) electrons. The molecule has 1 aromatic rings. The molecule has 1 rings (SSSR count). The summed E-state index contributed by atoms with van der Waals surface area (Å²) in [6.45, 7) is 5.36. The monoisotopic (exact) mass is 315 g/mol. The molecular weight excluding hydrogens is 294 g/mol. The van der Waals surface area contributed by atoms with Gasteiger partial charge in [0.1, 0.15) is 0 Å². The molecule has 3 nitrogen and oxygen atoms in total. The van der Waals surface area contributed by atoms with E-state index in [4.69, 9.17) is 16.3 Å². The maximum atomic E-state index is 11.6. The van der Waals surface area contributed by atoms with Crippen molar-refractivity contribution in [1.29, 1.82) is 0 Å². The number of nitrogens with one attached hydrogen (secondary N) is 1. The Labute approximate surface area is 130 Å².